The Morgan fingerprint density at radius 3 is 1.68 bits per heavy atom. The Bertz CT molecular complexity index is 1590. The van der Waals surface area contributed by atoms with E-state index in [0.29, 0.717) is 4.90 Å². The van der Waals surface area contributed by atoms with Gasteiger partial charge in [-0.05, 0) is 48.5 Å². The predicted octanol–water partition coefficient (Wildman–Crippen LogP) is 8.00. The van der Waals surface area contributed by atoms with Gasteiger partial charge in [-0.3, -0.25) is 4.18 Å². The van der Waals surface area contributed by atoms with E-state index in [0.717, 1.165) is 18.3 Å². The zero-order valence-corrected chi connectivity index (χ0v) is 25.8. The van der Waals surface area contributed by atoms with E-state index in [4.69, 9.17) is 58.6 Å². The van der Waals surface area contributed by atoms with Crippen LogP contribution in [0.2, 0.25) is 15.1 Å². The third-order valence-electron chi connectivity index (χ3n) is 5.98. The molecule has 0 fully saturated rings. The van der Waals surface area contributed by atoms with Crippen molar-refractivity contribution in [1.29, 1.82) is 5.41 Å². The molecule has 226 valence electrons. The van der Waals surface area contributed by atoms with E-state index >= 15 is 0 Å². The van der Waals surface area contributed by atoms with Crippen LogP contribution in [0.15, 0.2) is 108 Å². The first-order valence-corrected chi connectivity index (χ1v) is 14.9. The van der Waals surface area contributed by atoms with Crippen LogP contribution in [0.4, 0.5) is 0 Å². The number of benzene rings is 4. The molecule has 12 heteroatoms. The van der Waals surface area contributed by atoms with Crippen molar-refractivity contribution in [1.82, 2.24) is 0 Å². The van der Waals surface area contributed by atoms with Gasteiger partial charge < -0.3 is 19.6 Å². The quantitative estimate of drug-likeness (QED) is 0.0500. The molecule has 3 atom stereocenters. The van der Waals surface area contributed by atoms with E-state index in [9.17, 15) is 14.4 Å². The zero-order valence-electron chi connectivity index (χ0n) is 22.7. The smallest absolute Gasteiger partial charge is 0.338 e. The molecule has 1 N–H and O–H groups in total. The maximum atomic E-state index is 13.2. The van der Waals surface area contributed by atoms with Gasteiger partial charge in [0.15, 0.2) is 12.2 Å². The van der Waals surface area contributed by atoms with E-state index in [2.05, 4.69) is 0 Å². The number of hydrogen-bond acceptors (Lipinski definition) is 9. The number of carbonyl (C=O) groups is 3. The third kappa shape index (κ3) is 9.07. The number of ether oxygens (including phenoxy) is 3. The van der Waals surface area contributed by atoms with Crippen molar-refractivity contribution in [2.45, 2.75) is 23.2 Å². The Balaban J connectivity index is 1.67. The molecule has 0 aliphatic rings. The van der Waals surface area contributed by atoms with Gasteiger partial charge in [0.1, 0.15) is 12.7 Å². The van der Waals surface area contributed by atoms with Crippen LogP contribution in [0.5, 0.6) is 0 Å². The molecule has 8 nitrogen and oxygen atoms in total. The Kier molecular flexibility index (Phi) is 12.2. The minimum atomic E-state index is -1.47. The fourth-order valence-corrected chi connectivity index (χ4v) is 5.16. The van der Waals surface area contributed by atoms with Crippen LogP contribution in [0.3, 0.4) is 0 Å². The van der Waals surface area contributed by atoms with Crippen LogP contribution < -0.4 is 0 Å². The minimum absolute atomic E-state index is 0.191. The molecule has 0 bridgehead atoms. The Morgan fingerprint density at radius 2 is 1.16 bits per heavy atom. The molecule has 44 heavy (non-hydrogen) atoms. The van der Waals surface area contributed by atoms with Crippen LogP contribution in [0.1, 0.15) is 31.1 Å². The van der Waals surface area contributed by atoms with Crippen LogP contribution in [0, 0.1) is 5.41 Å². The summed E-state index contributed by atoms with van der Waals surface area (Å²) in [6.45, 7) is -0.473. The highest BCUT2D eigenvalue weighted by molar-refractivity contribution is 7.94. The Morgan fingerprint density at radius 1 is 0.682 bits per heavy atom. The van der Waals surface area contributed by atoms with E-state index in [1.807, 2.05) is 0 Å². The molecule has 0 saturated carbocycles. The monoisotopic (exact) mass is 671 g/mol. The summed E-state index contributed by atoms with van der Waals surface area (Å²) in [5, 5.41) is 8.74. The first kappa shape index (κ1) is 33.0. The second-order valence-electron chi connectivity index (χ2n) is 9.02. The second kappa shape index (κ2) is 16.3. The lowest BCUT2D eigenvalue weighted by atomic mass is 10.1. The average molecular weight is 673 g/mol. The van der Waals surface area contributed by atoms with Gasteiger partial charge in [-0.1, -0.05) is 89.4 Å². The maximum Gasteiger partial charge on any atom is 0.338 e. The standard InChI is InChI=1S/C32H24Cl3NO7S/c33-23-16-25(35)28(17-24(23)34)44-43-27(19-40-30(37)20-10-4-1-5-11-20)29(42-32(39)22-14-8-3-9-15-22)26(18-36)41-31(38)21-12-6-2-7-13-21/h1-18,26-27,29,36H,19H2/t26-,27+,29-/m0/s1. The van der Waals surface area contributed by atoms with Crippen molar-refractivity contribution < 1.29 is 32.8 Å². The fourth-order valence-electron chi connectivity index (χ4n) is 3.76. The summed E-state index contributed by atoms with van der Waals surface area (Å²) >= 11 is 19.3. The summed E-state index contributed by atoms with van der Waals surface area (Å²) < 4.78 is 23.0. The lowest BCUT2D eigenvalue weighted by Crippen LogP contribution is -2.47. The molecule has 4 aromatic carbocycles. The highest BCUT2D eigenvalue weighted by atomic mass is 35.5. The second-order valence-corrected chi connectivity index (χ2v) is 11.0. The number of hydrogen-bond donors (Lipinski definition) is 1. The normalized spacial score (nSPS) is 12.8. The molecule has 0 aliphatic heterocycles. The van der Waals surface area contributed by atoms with Gasteiger partial charge in [-0.2, -0.15) is 0 Å². The van der Waals surface area contributed by atoms with E-state index in [1.165, 1.54) is 36.4 Å². The Hall–Kier alpha value is -3.86. The number of nitrogens with one attached hydrogen (secondary N) is 1. The molecule has 0 unspecified atom stereocenters. The van der Waals surface area contributed by atoms with Gasteiger partial charge in [0, 0.05) is 18.3 Å². The summed E-state index contributed by atoms with van der Waals surface area (Å²) in [6.07, 6.45) is -3.41. The first-order chi connectivity index (χ1) is 21.3. The van der Waals surface area contributed by atoms with Crippen LogP contribution >= 0.6 is 46.8 Å². The largest absolute Gasteiger partial charge is 0.459 e. The van der Waals surface area contributed by atoms with Crippen molar-refractivity contribution in [3.8, 4) is 0 Å². The van der Waals surface area contributed by atoms with Gasteiger partial charge in [-0.25, -0.2) is 14.4 Å². The maximum absolute atomic E-state index is 13.2. The first-order valence-electron chi connectivity index (χ1n) is 13.0. The van der Waals surface area contributed by atoms with Gasteiger partial charge >= 0.3 is 17.9 Å². The number of carbonyl (C=O) groups excluding carboxylic acids is 3. The summed E-state index contributed by atoms with van der Waals surface area (Å²) in [5.74, 6) is -2.25. The molecular weight excluding hydrogens is 649 g/mol. The van der Waals surface area contributed by atoms with Crippen LogP contribution in [-0.4, -0.2) is 49.0 Å². The van der Waals surface area contributed by atoms with Crippen LogP contribution in [0.25, 0.3) is 0 Å². The average Bonchev–Trinajstić information content (AvgIpc) is 3.06. The highest BCUT2D eigenvalue weighted by Gasteiger charge is 2.38. The summed E-state index contributed by atoms with van der Waals surface area (Å²) in [4.78, 5) is 39.4. The Labute approximate surface area is 272 Å². The molecule has 4 rings (SSSR count). The molecule has 0 amide bonds. The van der Waals surface area contributed by atoms with Crippen molar-refractivity contribution in [2.75, 3.05) is 6.61 Å². The van der Waals surface area contributed by atoms with Gasteiger partial charge in [0.25, 0.3) is 0 Å². The van der Waals surface area contributed by atoms with E-state index < -0.39 is 42.8 Å². The molecule has 0 saturated heterocycles. The van der Waals surface area contributed by atoms with Crippen molar-refractivity contribution in [2.24, 2.45) is 0 Å². The highest BCUT2D eigenvalue weighted by Crippen LogP contribution is 2.36. The molecule has 0 radical (unpaired) electrons. The fraction of sp³-hybridized carbons (Fsp3) is 0.125. The molecule has 0 aliphatic carbocycles. The summed E-state index contributed by atoms with van der Waals surface area (Å²) in [6, 6.07) is 27.3. The van der Waals surface area contributed by atoms with Crippen LogP contribution in [-0.2, 0) is 18.4 Å². The number of halogens is 3. The lowest BCUT2D eigenvalue weighted by molar-refractivity contribution is -0.0651. The topological polar surface area (TPSA) is 112 Å². The molecule has 0 spiro atoms. The number of esters is 3. The summed E-state index contributed by atoms with van der Waals surface area (Å²) in [5.41, 5.74) is 0.664. The minimum Gasteiger partial charge on any atom is -0.459 e. The zero-order chi connectivity index (χ0) is 31.5. The molecule has 0 heterocycles. The van der Waals surface area contributed by atoms with Crippen molar-refractivity contribution in [3.05, 3.63) is 135 Å². The molecule has 4 aromatic rings. The lowest BCUT2D eigenvalue weighted by Gasteiger charge is -2.30. The van der Waals surface area contributed by atoms with Gasteiger partial charge in [0.2, 0.25) is 0 Å². The predicted molar refractivity (Wildman–Crippen MR) is 169 cm³/mol. The SMILES string of the molecule is N=C[C@H](OC(=O)c1ccccc1)[C@H](OC(=O)c1ccccc1)[C@@H](COC(=O)c1ccccc1)OSc1cc(Cl)c(Cl)cc1Cl. The van der Waals surface area contributed by atoms with Crippen molar-refractivity contribution in [3.63, 3.8) is 0 Å². The van der Waals surface area contributed by atoms with Gasteiger partial charge in [-0.15, -0.1) is 0 Å². The van der Waals surface area contributed by atoms with E-state index in [1.54, 1.807) is 66.7 Å². The molecule has 0 aromatic heterocycles. The molecular formula is C32H24Cl3NO7S. The van der Waals surface area contributed by atoms with Gasteiger partial charge in [0.05, 0.1) is 36.7 Å². The summed E-state index contributed by atoms with van der Waals surface area (Å²) in [7, 11) is 0. The number of rotatable bonds is 13. The third-order valence-corrected chi connectivity index (χ3v) is 7.99. The van der Waals surface area contributed by atoms with E-state index in [-0.39, 0.29) is 31.8 Å². The van der Waals surface area contributed by atoms with Crippen molar-refractivity contribution >= 4 is 71.0 Å².